The molecule has 1 heterocycles. The van der Waals surface area contributed by atoms with Crippen LogP contribution in [0.3, 0.4) is 0 Å². The third kappa shape index (κ3) is 7.21. The Kier molecular flexibility index (Phi) is 9.52. The molecule has 0 radical (unpaired) electrons. The molecule has 1 saturated heterocycles. The lowest BCUT2D eigenvalue weighted by atomic mass is 10.1. The van der Waals surface area contributed by atoms with Crippen molar-refractivity contribution >= 4 is 27.7 Å². The molecule has 4 aromatic carbocycles. The van der Waals surface area contributed by atoms with Gasteiger partial charge >= 0.3 is 0 Å². The summed E-state index contributed by atoms with van der Waals surface area (Å²) in [5, 5.41) is 10.5. The molecule has 0 spiro atoms. The maximum absolute atomic E-state index is 14.1. The van der Waals surface area contributed by atoms with Crippen molar-refractivity contribution in [1.29, 1.82) is 5.41 Å². The van der Waals surface area contributed by atoms with Gasteiger partial charge in [-0.2, -0.15) is 4.31 Å². The monoisotopic (exact) mass is 609 g/mol. The number of rotatable bonds is 12. The minimum absolute atomic E-state index is 0.00896. The van der Waals surface area contributed by atoms with Crippen molar-refractivity contribution in [3.05, 3.63) is 126 Å². The summed E-state index contributed by atoms with van der Waals surface area (Å²) in [7, 11) is -4.22. The Balaban J connectivity index is 1.36. The van der Waals surface area contributed by atoms with Crippen LogP contribution in [0.2, 0.25) is 0 Å². The van der Waals surface area contributed by atoms with Crippen molar-refractivity contribution in [3.63, 3.8) is 0 Å². The van der Waals surface area contributed by atoms with Gasteiger partial charge in [-0.3, -0.25) is 15.0 Å². The van der Waals surface area contributed by atoms with Crippen LogP contribution in [0.5, 0.6) is 0 Å². The van der Waals surface area contributed by atoms with E-state index in [4.69, 9.17) is 11.1 Å². The molecule has 44 heavy (non-hydrogen) atoms. The molecule has 2 amide bonds. The Bertz CT molecular complexity index is 1730. The molecule has 0 aromatic heterocycles. The van der Waals surface area contributed by atoms with E-state index in [-0.39, 0.29) is 29.6 Å². The van der Waals surface area contributed by atoms with Gasteiger partial charge in [-0.05, 0) is 53.3 Å². The fraction of sp³-hybridized carbons (Fsp3) is 0.206. The van der Waals surface area contributed by atoms with Gasteiger partial charge in [-0.15, -0.1) is 0 Å². The second-order valence-electron chi connectivity index (χ2n) is 10.7. The highest BCUT2D eigenvalue weighted by Crippen LogP contribution is 2.28. The lowest BCUT2D eigenvalue weighted by Gasteiger charge is -2.27. The van der Waals surface area contributed by atoms with Gasteiger partial charge in [-0.25, -0.2) is 8.42 Å². The smallest absolute Gasteiger partial charge is 0.244 e. The van der Waals surface area contributed by atoms with E-state index in [1.54, 1.807) is 35.2 Å². The number of nitrogens with two attached hydrogens (primary N) is 1. The molecule has 1 fully saturated rings. The first kappa shape index (κ1) is 30.7. The molecule has 10 heteroatoms. The lowest BCUT2D eigenvalue weighted by molar-refractivity contribution is -0.131. The van der Waals surface area contributed by atoms with Crippen molar-refractivity contribution in [2.24, 2.45) is 5.73 Å². The number of sulfonamides is 1. The number of nitrogen functional groups attached to an aromatic ring is 1. The first-order valence-corrected chi connectivity index (χ1v) is 15.9. The Morgan fingerprint density at radius 1 is 0.886 bits per heavy atom. The molecule has 1 aliphatic heterocycles. The summed E-state index contributed by atoms with van der Waals surface area (Å²) in [4.78, 5) is 28.4. The zero-order valence-electron chi connectivity index (χ0n) is 24.2. The Labute approximate surface area is 257 Å². The van der Waals surface area contributed by atoms with Gasteiger partial charge < -0.3 is 16.0 Å². The number of amidine groups is 1. The quantitative estimate of drug-likeness (QED) is 0.166. The third-order valence-electron chi connectivity index (χ3n) is 7.67. The first-order chi connectivity index (χ1) is 21.2. The minimum Gasteiger partial charge on any atom is -0.384 e. The van der Waals surface area contributed by atoms with E-state index in [1.165, 1.54) is 12.1 Å². The molecule has 4 N–H and O–H groups in total. The van der Waals surface area contributed by atoms with Crippen LogP contribution < -0.4 is 11.1 Å². The highest BCUT2D eigenvalue weighted by molar-refractivity contribution is 7.89. The molecule has 5 rings (SSSR count). The van der Waals surface area contributed by atoms with Gasteiger partial charge in [0.05, 0.1) is 11.4 Å². The van der Waals surface area contributed by atoms with Crippen LogP contribution >= 0.6 is 0 Å². The van der Waals surface area contributed by atoms with Crippen LogP contribution in [-0.4, -0.2) is 60.9 Å². The number of nitrogens with zero attached hydrogens (tertiary/aromatic N) is 2. The number of hydrogen-bond acceptors (Lipinski definition) is 5. The summed E-state index contributed by atoms with van der Waals surface area (Å²) in [6.45, 7) is 0.406. The molecule has 1 atom stereocenters. The van der Waals surface area contributed by atoms with Crippen molar-refractivity contribution in [1.82, 2.24) is 14.5 Å². The minimum atomic E-state index is -4.22. The van der Waals surface area contributed by atoms with Gasteiger partial charge in [0.2, 0.25) is 21.8 Å². The normalized spacial score (nSPS) is 15.0. The number of carbonyl (C=O) groups excluding carboxylic acids is 2. The van der Waals surface area contributed by atoms with E-state index >= 15 is 0 Å². The highest BCUT2D eigenvalue weighted by Gasteiger charge is 2.42. The maximum Gasteiger partial charge on any atom is 0.244 e. The summed E-state index contributed by atoms with van der Waals surface area (Å²) < 4.78 is 29.2. The summed E-state index contributed by atoms with van der Waals surface area (Å²) in [5.74, 6) is -0.933. The lowest BCUT2D eigenvalue weighted by Crippen LogP contribution is -2.49. The van der Waals surface area contributed by atoms with E-state index in [0.717, 1.165) is 26.6 Å². The first-order valence-electron chi connectivity index (χ1n) is 14.4. The van der Waals surface area contributed by atoms with Gasteiger partial charge in [-0.1, -0.05) is 91.0 Å². The van der Waals surface area contributed by atoms with Gasteiger partial charge in [0.1, 0.15) is 11.9 Å². The largest absolute Gasteiger partial charge is 0.384 e. The third-order valence-corrected chi connectivity index (χ3v) is 9.54. The van der Waals surface area contributed by atoms with E-state index in [9.17, 15) is 18.0 Å². The van der Waals surface area contributed by atoms with Crippen LogP contribution in [0.25, 0.3) is 11.1 Å². The predicted octanol–water partition coefficient (Wildman–Crippen LogP) is 3.79. The van der Waals surface area contributed by atoms with Crippen LogP contribution in [0, 0.1) is 5.41 Å². The topological polar surface area (TPSA) is 137 Å². The summed E-state index contributed by atoms with van der Waals surface area (Å²) in [6.07, 6.45) is 0.833. The molecule has 4 aromatic rings. The maximum atomic E-state index is 14.1. The van der Waals surface area contributed by atoms with Crippen LogP contribution in [-0.2, 0) is 32.6 Å². The zero-order chi connectivity index (χ0) is 31.1. The van der Waals surface area contributed by atoms with E-state index in [1.807, 2.05) is 66.7 Å². The molecule has 0 aliphatic carbocycles. The molecular weight excluding hydrogens is 574 g/mol. The van der Waals surface area contributed by atoms with Crippen LogP contribution in [0.1, 0.15) is 23.1 Å². The van der Waals surface area contributed by atoms with Gasteiger partial charge in [0.15, 0.2) is 0 Å². The molecule has 0 bridgehead atoms. The van der Waals surface area contributed by atoms with E-state index in [0.29, 0.717) is 25.1 Å². The fourth-order valence-corrected chi connectivity index (χ4v) is 6.91. The highest BCUT2D eigenvalue weighted by atomic mass is 32.2. The van der Waals surface area contributed by atoms with Crippen LogP contribution in [0.15, 0.2) is 114 Å². The molecule has 9 nitrogen and oxygen atoms in total. The second kappa shape index (κ2) is 13.7. The standard InChI is InChI=1S/C34H35N5O4S/c35-33(36)29-13-7-10-26(22-29)23-38-21-19-31(34(38)41)39(24-32(40)37-20-18-25-8-3-1-4-9-25)44(42,43)30-16-14-28(15-17-30)27-11-5-2-6-12-27/h1-17,22,31H,18-21,23-24H2,(H3,35,36)(H,37,40)/t31-/m0/s1. The van der Waals surface area contributed by atoms with Crippen molar-refractivity contribution < 1.29 is 18.0 Å². The predicted molar refractivity (Wildman–Crippen MR) is 170 cm³/mol. The SMILES string of the molecule is N=C(N)c1cccc(CN2CC[C@H](N(CC(=O)NCCc3ccccc3)S(=O)(=O)c3ccc(-c4ccccc4)cc3)C2=O)c1. The van der Waals surface area contributed by atoms with Crippen LogP contribution in [0.4, 0.5) is 0 Å². The number of benzene rings is 4. The average Bonchev–Trinajstić information content (AvgIpc) is 3.39. The van der Waals surface area contributed by atoms with Gasteiger partial charge in [0, 0.05) is 25.2 Å². The average molecular weight is 610 g/mol. The molecule has 0 saturated carbocycles. The summed E-state index contributed by atoms with van der Waals surface area (Å²) >= 11 is 0. The number of carbonyl (C=O) groups is 2. The molecular formula is C34H35N5O4S. The molecule has 0 unspecified atom stereocenters. The number of likely N-dealkylation sites (tertiary alicyclic amines) is 1. The molecule has 1 aliphatic rings. The van der Waals surface area contributed by atoms with E-state index in [2.05, 4.69) is 5.32 Å². The Morgan fingerprint density at radius 3 is 2.20 bits per heavy atom. The van der Waals surface area contributed by atoms with Crippen molar-refractivity contribution in [3.8, 4) is 11.1 Å². The number of hydrogen-bond donors (Lipinski definition) is 3. The Morgan fingerprint density at radius 2 is 1.52 bits per heavy atom. The van der Waals surface area contributed by atoms with Gasteiger partial charge in [0.25, 0.3) is 0 Å². The second-order valence-corrected chi connectivity index (χ2v) is 12.6. The summed E-state index contributed by atoms with van der Waals surface area (Å²) in [5.41, 5.74) is 9.79. The van der Waals surface area contributed by atoms with Crippen molar-refractivity contribution in [2.45, 2.75) is 30.3 Å². The zero-order valence-corrected chi connectivity index (χ0v) is 25.0. The van der Waals surface area contributed by atoms with E-state index < -0.39 is 28.5 Å². The number of amides is 2. The number of nitrogens with one attached hydrogen (secondary N) is 2. The van der Waals surface area contributed by atoms with Crippen molar-refractivity contribution in [2.75, 3.05) is 19.6 Å². The summed E-state index contributed by atoms with van der Waals surface area (Å²) in [6, 6.07) is 31.8. The molecule has 226 valence electrons. The fourth-order valence-electron chi connectivity index (χ4n) is 5.34. The Hall–Kier alpha value is -4.80.